The largest absolute Gasteiger partial charge is 0.318 e. The lowest BCUT2D eigenvalue weighted by atomic mass is 10.1. The molecule has 0 saturated carbocycles. The van der Waals surface area contributed by atoms with E-state index in [0.717, 1.165) is 27.9 Å². The van der Waals surface area contributed by atoms with Gasteiger partial charge < -0.3 is 5.32 Å². The third-order valence-electron chi connectivity index (χ3n) is 4.89. The summed E-state index contributed by atoms with van der Waals surface area (Å²) in [5.74, 6) is 0.171. The minimum Gasteiger partial charge on any atom is -0.318 e. The highest BCUT2D eigenvalue weighted by molar-refractivity contribution is 6.36. The SMILES string of the molecule is Cc1ccc(-c2nc(C(=O)Nc3ccc(Cl)cc3Cl)nn2-c2cc(C)ccc2C)cc1. The molecule has 1 heterocycles. The molecule has 0 bridgehead atoms. The zero-order valence-corrected chi connectivity index (χ0v) is 18.8. The Labute approximate surface area is 190 Å². The lowest BCUT2D eigenvalue weighted by Crippen LogP contribution is -2.14. The molecule has 4 rings (SSSR count). The highest BCUT2D eigenvalue weighted by Crippen LogP contribution is 2.27. The van der Waals surface area contributed by atoms with Gasteiger partial charge in [0.2, 0.25) is 5.82 Å². The van der Waals surface area contributed by atoms with Crippen LogP contribution in [0.5, 0.6) is 0 Å². The van der Waals surface area contributed by atoms with Gasteiger partial charge in [-0.2, -0.15) is 0 Å². The molecule has 0 fully saturated rings. The molecule has 1 amide bonds. The fourth-order valence-electron chi connectivity index (χ4n) is 3.18. The normalized spacial score (nSPS) is 10.9. The molecule has 0 unspecified atom stereocenters. The van der Waals surface area contributed by atoms with Gasteiger partial charge in [-0.05, 0) is 56.2 Å². The molecular weight excluding hydrogens is 431 g/mol. The van der Waals surface area contributed by atoms with Gasteiger partial charge in [0.1, 0.15) is 0 Å². The third kappa shape index (κ3) is 4.48. The zero-order valence-electron chi connectivity index (χ0n) is 17.3. The summed E-state index contributed by atoms with van der Waals surface area (Å²) in [7, 11) is 0. The van der Waals surface area contributed by atoms with Gasteiger partial charge in [-0.15, -0.1) is 5.10 Å². The number of hydrogen-bond donors (Lipinski definition) is 1. The Hall–Kier alpha value is -3.15. The van der Waals surface area contributed by atoms with E-state index in [-0.39, 0.29) is 5.82 Å². The molecule has 0 spiro atoms. The maximum absolute atomic E-state index is 12.9. The summed E-state index contributed by atoms with van der Waals surface area (Å²) >= 11 is 12.1. The van der Waals surface area contributed by atoms with E-state index in [2.05, 4.69) is 15.4 Å². The average Bonchev–Trinajstić information content (AvgIpc) is 3.18. The Bertz CT molecular complexity index is 1280. The first kappa shape index (κ1) is 21.1. The van der Waals surface area contributed by atoms with Gasteiger partial charge in [0.15, 0.2) is 5.82 Å². The van der Waals surface area contributed by atoms with Crippen LogP contribution in [0, 0.1) is 20.8 Å². The van der Waals surface area contributed by atoms with E-state index in [1.54, 1.807) is 22.9 Å². The van der Waals surface area contributed by atoms with E-state index in [0.29, 0.717) is 21.6 Å². The fourth-order valence-corrected chi connectivity index (χ4v) is 3.64. The van der Waals surface area contributed by atoms with Crippen LogP contribution in [0.2, 0.25) is 10.0 Å². The summed E-state index contributed by atoms with van der Waals surface area (Å²) in [5.41, 5.74) is 5.42. The van der Waals surface area contributed by atoms with Crippen molar-refractivity contribution in [3.05, 3.63) is 93.2 Å². The van der Waals surface area contributed by atoms with Crippen LogP contribution in [0.15, 0.2) is 60.7 Å². The predicted octanol–water partition coefficient (Wildman–Crippen LogP) is 6.42. The van der Waals surface area contributed by atoms with Gasteiger partial charge in [-0.25, -0.2) is 9.67 Å². The fraction of sp³-hybridized carbons (Fsp3) is 0.125. The molecule has 5 nitrogen and oxygen atoms in total. The van der Waals surface area contributed by atoms with Crippen molar-refractivity contribution in [1.82, 2.24) is 14.8 Å². The second-order valence-corrected chi connectivity index (χ2v) is 8.25. The monoisotopic (exact) mass is 450 g/mol. The quantitative estimate of drug-likeness (QED) is 0.390. The molecule has 3 aromatic carbocycles. The molecule has 0 atom stereocenters. The van der Waals surface area contributed by atoms with Gasteiger partial charge in [0, 0.05) is 10.6 Å². The molecule has 0 aliphatic heterocycles. The van der Waals surface area contributed by atoms with Gasteiger partial charge >= 0.3 is 0 Å². The first-order chi connectivity index (χ1) is 14.8. The highest BCUT2D eigenvalue weighted by Gasteiger charge is 2.20. The molecule has 156 valence electrons. The lowest BCUT2D eigenvalue weighted by molar-refractivity contribution is 0.101. The van der Waals surface area contributed by atoms with Crippen molar-refractivity contribution in [3.8, 4) is 17.1 Å². The molecular formula is C24H20Cl2N4O. The maximum atomic E-state index is 12.9. The molecule has 0 radical (unpaired) electrons. The second-order valence-electron chi connectivity index (χ2n) is 7.41. The van der Waals surface area contributed by atoms with Crippen LogP contribution in [0.4, 0.5) is 5.69 Å². The number of aromatic nitrogens is 3. The van der Waals surface area contributed by atoms with Crippen molar-refractivity contribution in [2.24, 2.45) is 0 Å². The van der Waals surface area contributed by atoms with Crippen molar-refractivity contribution in [2.75, 3.05) is 5.32 Å². The summed E-state index contributed by atoms with van der Waals surface area (Å²) < 4.78 is 1.71. The lowest BCUT2D eigenvalue weighted by Gasteiger charge is -2.10. The molecule has 0 aliphatic carbocycles. The number of carbonyl (C=O) groups is 1. The molecule has 0 aliphatic rings. The maximum Gasteiger partial charge on any atom is 0.295 e. The van der Waals surface area contributed by atoms with Crippen molar-refractivity contribution in [1.29, 1.82) is 0 Å². The highest BCUT2D eigenvalue weighted by atomic mass is 35.5. The minimum atomic E-state index is -0.457. The van der Waals surface area contributed by atoms with E-state index < -0.39 is 5.91 Å². The average molecular weight is 451 g/mol. The molecule has 0 saturated heterocycles. The summed E-state index contributed by atoms with van der Waals surface area (Å²) in [6, 6.07) is 18.9. The Balaban J connectivity index is 1.80. The smallest absolute Gasteiger partial charge is 0.295 e. The molecule has 7 heteroatoms. The van der Waals surface area contributed by atoms with E-state index in [1.165, 1.54) is 0 Å². The van der Waals surface area contributed by atoms with Crippen LogP contribution >= 0.6 is 23.2 Å². The summed E-state index contributed by atoms with van der Waals surface area (Å²) in [6.45, 7) is 6.04. The second kappa shape index (κ2) is 8.53. The van der Waals surface area contributed by atoms with Crippen LogP contribution in [0.3, 0.4) is 0 Å². The number of benzene rings is 3. The van der Waals surface area contributed by atoms with Crippen LogP contribution in [-0.4, -0.2) is 20.7 Å². The van der Waals surface area contributed by atoms with Gasteiger partial charge in [-0.3, -0.25) is 4.79 Å². The Kier molecular flexibility index (Phi) is 5.81. The number of amides is 1. The predicted molar refractivity (Wildman–Crippen MR) is 125 cm³/mol. The first-order valence-electron chi connectivity index (χ1n) is 9.70. The number of aryl methyl sites for hydroxylation is 3. The topological polar surface area (TPSA) is 59.8 Å². The van der Waals surface area contributed by atoms with E-state index in [4.69, 9.17) is 23.2 Å². The summed E-state index contributed by atoms with van der Waals surface area (Å²) in [6.07, 6.45) is 0. The van der Waals surface area contributed by atoms with Crippen molar-refractivity contribution < 1.29 is 4.79 Å². The molecule has 4 aromatic rings. The van der Waals surface area contributed by atoms with Gasteiger partial charge in [0.25, 0.3) is 5.91 Å². The first-order valence-corrected chi connectivity index (χ1v) is 10.5. The van der Waals surface area contributed by atoms with Crippen LogP contribution in [0.25, 0.3) is 17.1 Å². The number of nitrogens with one attached hydrogen (secondary N) is 1. The Morgan fingerprint density at radius 1 is 0.903 bits per heavy atom. The van der Waals surface area contributed by atoms with E-state index in [9.17, 15) is 4.79 Å². The number of nitrogens with zero attached hydrogens (tertiary/aromatic N) is 3. The van der Waals surface area contributed by atoms with Crippen LogP contribution < -0.4 is 5.32 Å². The van der Waals surface area contributed by atoms with Crippen molar-refractivity contribution in [2.45, 2.75) is 20.8 Å². The van der Waals surface area contributed by atoms with E-state index in [1.807, 2.05) is 63.2 Å². The van der Waals surface area contributed by atoms with Crippen molar-refractivity contribution in [3.63, 3.8) is 0 Å². The number of rotatable bonds is 4. The molecule has 1 aromatic heterocycles. The molecule has 1 N–H and O–H groups in total. The van der Waals surface area contributed by atoms with Gasteiger partial charge in [0.05, 0.1) is 16.4 Å². The number of halogens is 2. The summed E-state index contributed by atoms with van der Waals surface area (Å²) in [4.78, 5) is 17.5. The Morgan fingerprint density at radius 2 is 1.61 bits per heavy atom. The van der Waals surface area contributed by atoms with Crippen LogP contribution in [-0.2, 0) is 0 Å². The van der Waals surface area contributed by atoms with Gasteiger partial charge in [-0.1, -0.05) is 65.2 Å². The minimum absolute atomic E-state index is 0.0440. The number of anilines is 1. The zero-order chi connectivity index (χ0) is 22.1. The number of hydrogen-bond acceptors (Lipinski definition) is 3. The van der Waals surface area contributed by atoms with Crippen molar-refractivity contribution >= 4 is 34.8 Å². The Morgan fingerprint density at radius 3 is 2.32 bits per heavy atom. The van der Waals surface area contributed by atoms with E-state index >= 15 is 0 Å². The summed E-state index contributed by atoms with van der Waals surface area (Å²) in [5, 5.41) is 8.14. The van der Waals surface area contributed by atoms with Crippen LogP contribution in [0.1, 0.15) is 27.3 Å². The number of carbonyl (C=O) groups excluding carboxylic acids is 1. The third-order valence-corrected chi connectivity index (χ3v) is 5.44. The molecule has 31 heavy (non-hydrogen) atoms. The standard InChI is InChI=1S/C24H20Cl2N4O/c1-14-5-8-17(9-6-14)23-28-22(24(31)27-20-11-10-18(25)13-19(20)26)29-30(23)21-12-15(2)4-7-16(21)3/h4-13H,1-3H3,(H,27,31).